The fourth-order valence-corrected chi connectivity index (χ4v) is 1.61. The third-order valence-electron chi connectivity index (χ3n) is 2.95. The van der Waals surface area contributed by atoms with Gasteiger partial charge >= 0.3 is 0 Å². The molecule has 0 saturated heterocycles. The van der Waals surface area contributed by atoms with Gasteiger partial charge in [0.15, 0.2) is 0 Å². The molecule has 0 fully saturated rings. The topological polar surface area (TPSA) is 12.0 Å². The van der Waals surface area contributed by atoms with E-state index in [1.807, 2.05) is 6.92 Å². The van der Waals surface area contributed by atoms with Crippen LogP contribution in [0.3, 0.4) is 0 Å². The molecule has 1 unspecified atom stereocenters. The van der Waals surface area contributed by atoms with Crippen LogP contribution in [0.4, 0.5) is 13.2 Å². The molecule has 0 radical (unpaired) electrons. The molecule has 1 aromatic rings. The fourth-order valence-electron chi connectivity index (χ4n) is 1.61. The van der Waals surface area contributed by atoms with Gasteiger partial charge in [0.05, 0.1) is 0 Å². The van der Waals surface area contributed by atoms with Gasteiger partial charge in [-0.2, -0.15) is 0 Å². The largest absolute Gasteiger partial charge is 0.303 e. The average Bonchev–Trinajstić information content (AvgIpc) is 2.29. The summed E-state index contributed by atoms with van der Waals surface area (Å²) in [5.74, 6) is -0.451. The molecule has 0 aliphatic heterocycles. The molecule has 1 aromatic carbocycles. The van der Waals surface area contributed by atoms with E-state index in [1.165, 1.54) is 19.1 Å². The molecule has 0 saturated carbocycles. The molecule has 1 nitrogen and oxygen atoms in total. The van der Waals surface area contributed by atoms with Crippen molar-refractivity contribution >= 4 is 0 Å². The normalized spacial score (nSPS) is 15.0. The number of alkyl halides is 2. The van der Waals surface area contributed by atoms with E-state index in [2.05, 4.69) is 5.32 Å². The van der Waals surface area contributed by atoms with Crippen LogP contribution in [0.2, 0.25) is 0 Å². The predicted octanol–water partition coefficient (Wildman–Crippen LogP) is 3.61. The Morgan fingerprint density at radius 1 is 1.35 bits per heavy atom. The lowest BCUT2D eigenvalue weighted by Crippen LogP contribution is -2.46. The molecule has 0 spiro atoms. The van der Waals surface area contributed by atoms with Crippen molar-refractivity contribution in [1.29, 1.82) is 0 Å². The molecule has 1 rings (SSSR count). The van der Waals surface area contributed by atoms with Crippen molar-refractivity contribution in [2.24, 2.45) is 0 Å². The maximum absolute atomic E-state index is 13.4. The van der Waals surface area contributed by atoms with Gasteiger partial charge in [-0.05, 0) is 44.0 Å². The summed E-state index contributed by atoms with van der Waals surface area (Å²) in [5, 5.41) is 2.79. The smallest absolute Gasteiger partial charge is 0.260 e. The Morgan fingerprint density at radius 2 is 2.00 bits per heavy atom. The van der Waals surface area contributed by atoms with Crippen molar-refractivity contribution in [1.82, 2.24) is 5.32 Å². The van der Waals surface area contributed by atoms with Crippen LogP contribution in [0.15, 0.2) is 18.2 Å². The molecular weight excluding hydrogens is 227 g/mol. The molecule has 0 aromatic heterocycles. The van der Waals surface area contributed by atoms with E-state index in [9.17, 15) is 13.2 Å². The lowest BCUT2D eigenvalue weighted by molar-refractivity contribution is 0.0383. The first-order valence-electron chi connectivity index (χ1n) is 5.71. The van der Waals surface area contributed by atoms with Crippen molar-refractivity contribution < 1.29 is 13.2 Å². The van der Waals surface area contributed by atoms with E-state index in [-0.39, 0.29) is 5.56 Å². The molecule has 0 aliphatic rings. The number of hydrogen-bond donors (Lipinski definition) is 1. The second-order valence-electron chi connectivity index (χ2n) is 4.39. The van der Waals surface area contributed by atoms with Crippen molar-refractivity contribution in [2.75, 3.05) is 6.54 Å². The molecule has 1 atom stereocenters. The highest BCUT2D eigenvalue weighted by molar-refractivity contribution is 5.29. The first kappa shape index (κ1) is 14.0. The standard InChI is InChI=1S/C13H18F3N/c1-4-7-17-13(3,12(15)16)10-6-5-9(2)11(14)8-10/h5-6,8,12,17H,4,7H2,1-3H3. The van der Waals surface area contributed by atoms with Crippen molar-refractivity contribution in [2.45, 2.75) is 39.2 Å². The van der Waals surface area contributed by atoms with Crippen LogP contribution in [-0.4, -0.2) is 13.0 Å². The summed E-state index contributed by atoms with van der Waals surface area (Å²) in [6, 6.07) is 4.26. The van der Waals surface area contributed by atoms with Gasteiger partial charge in [-0.25, -0.2) is 13.2 Å². The van der Waals surface area contributed by atoms with Crippen LogP contribution in [0.1, 0.15) is 31.4 Å². The zero-order chi connectivity index (χ0) is 13.1. The Bertz CT molecular complexity index is 379. The summed E-state index contributed by atoms with van der Waals surface area (Å²) in [5.41, 5.74) is -0.755. The minimum absolute atomic E-state index is 0.282. The second-order valence-corrected chi connectivity index (χ2v) is 4.39. The quantitative estimate of drug-likeness (QED) is 0.835. The van der Waals surface area contributed by atoms with Gasteiger partial charge in [-0.3, -0.25) is 0 Å². The summed E-state index contributed by atoms with van der Waals surface area (Å²) in [6.45, 7) is 5.38. The van der Waals surface area contributed by atoms with Gasteiger partial charge in [-0.15, -0.1) is 0 Å². The second kappa shape index (κ2) is 5.54. The fraction of sp³-hybridized carbons (Fsp3) is 0.538. The predicted molar refractivity (Wildman–Crippen MR) is 62.8 cm³/mol. The highest BCUT2D eigenvalue weighted by Gasteiger charge is 2.36. The van der Waals surface area contributed by atoms with E-state index in [0.29, 0.717) is 12.1 Å². The number of hydrogen-bond acceptors (Lipinski definition) is 1. The third kappa shape index (κ3) is 3.00. The van der Waals surface area contributed by atoms with E-state index in [1.54, 1.807) is 13.0 Å². The van der Waals surface area contributed by atoms with E-state index < -0.39 is 17.8 Å². The zero-order valence-electron chi connectivity index (χ0n) is 10.4. The molecule has 1 N–H and O–H groups in total. The van der Waals surface area contributed by atoms with Crippen LogP contribution < -0.4 is 5.32 Å². The van der Waals surface area contributed by atoms with E-state index >= 15 is 0 Å². The van der Waals surface area contributed by atoms with Crippen LogP contribution in [0, 0.1) is 12.7 Å². The van der Waals surface area contributed by atoms with Crippen LogP contribution in [-0.2, 0) is 5.54 Å². The van der Waals surface area contributed by atoms with Crippen LogP contribution in [0.25, 0.3) is 0 Å². The Kier molecular flexibility index (Phi) is 4.57. The van der Waals surface area contributed by atoms with Crippen molar-refractivity contribution in [3.63, 3.8) is 0 Å². The van der Waals surface area contributed by atoms with Gasteiger partial charge in [0, 0.05) is 0 Å². The highest BCUT2D eigenvalue weighted by Crippen LogP contribution is 2.29. The molecule has 4 heteroatoms. The number of aryl methyl sites for hydroxylation is 1. The number of halogens is 3. The molecule has 0 bridgehead atoms. The molecular formula is C13H18F3N. The minimum atomic E-state index is -2.59. The maximum atomic E-state index is 13.4. The zero-order valence-corrected chi connectivity index (χ0v) is 10.4. The average molecular weight is 245 g/mol. The molecule has 0 amide bonds. The van der Waals surface area contributed by atoms with Crippen LogP contribution >= 0.6 is 0 Å². The van der Waals surface area contributed by atoms with Gasteiger partial charge < -0.3 is 5.32 Å². The van der Waals surface area contributed by atoms with Gasteiger partial charge in [0.1, 0.15) is 11.4 Å². The first-order valence-corrected chi connectivity index (χ1v) is 5.71. The summed E-state index contributed by atoms with van der Waals surface area (Å²) in [7, 11) is 0. The number of benzene rings is 1. The van der Waals surface area contributed by atoms with Crippen LogP contribution in [0.5, 0.6) is 0 Å². The SMILES string of the molecule is CCCNC(C)(c1ccc(C)c(F)c1)C(F)F. The Hall–Kier alpha value is -1.03. The first-order chi connectivity index (χ1) is 7.91. The molecule has 17 heavy (non-hydrogen) atoms. The lowest BCUT2D eigenvalue weighted by Gasteiger charge is -2.30. The van der Waals surface area contributed by atoms with Gasteiger partial charge in [0.25, 0.3) is 6.43 Å². The van der Waals surface area contributed by atoms with Crippen molar-refractivity contribution in [3.05, 3.63) is 35.1 Å². The summed E-state index contributed by atoms with van der Waals surface area (Å²) in [6.07, 6.45) is -1.84. The Balaban J connectivity index is 3.08. The summed E-state index contributed by atoms with van der Waals surface area (Å²) < 4.78 is 39.7. The van der Waals surface area contributed by atoms with Gasteiger partial charge in [0.2, 0.25) is 0 Å². The number of rotatable bonds is 5. The van der Waals surface area contributed by atoms with E-state index in [4.69, 9.17) is 0 Å². The molecule has 0 heterocycles. The number of nitrogens with one attached hydrogen (secondary N) is 1. The summed E-state index contributed by atoms with van der Waals surface area (Å²) in [4.78, 5) is 0. The summed E-state index contributed by atoms with van der Waals surface area (Å²) >= 11 is 0. The van der Waals surface area contributed by atoms with Crippen molar-refractivity contribution in [3.8, 4) is 0 Å². The monoisotopic (exact) mass is 245 g/mol. The lowest BCUT2D eigenvalue weighted by atomic mass is 9.91. The maximum Gasteiger partial charge on any atom is 0.260 e. The molecule has 0 aliphatic carbocycles. The van der Waals surface area contributed by atoms with E-state index in [0.717, 1.165) is 6.42 Å². The third-order valence-corrected chi connectivity index (χ3v) is 2.95. The Labute approximate surface area is 100 Å². The Morgan fingerprint density at radius 3 is 2.47 bits per heavy atom. The highest BCUT2D eigenvalue weighted by atomic mass is 19.3. The van der Waals surface area contributed by atoms with Gasteiger partial charge in [-0.1, -0.05) is 19.1 Å². The minimum Gasteiger partial charge on any atom is -0.303 e. The molecule has 96 valence electrons.